The van der Waals surface area contributed by atoms with Crippen LogP contribution in [0.3, 0.4) is 0 Å². The minimum absolute atomic E-state index is 0.117. The molecule has 4 amide bonds. The van der Waals surface area contributed by atoms with Gasteiger partial charge in [-0.2, -0.15) is 0 Å². The average molecular weight is 370 g/mol. The van der Waals surface area contributed by atoms with Crippen LogP contribution in [-0.4, -0.2) is 54.2 Å². The van der Waals surface area contributed by atoms with E-state index in [-0.39, 0.29) is 18.7 Å². The van der Waals surface area contributed by atoms with Gasteiger partial charge in [-0.15, -0.1) is 0 Å². The fourth-order valence-electron chi connectivity index (χ4n) is 3.94. The second-order valence-electron chi connectivity index (χ2n) is 7.30. The summed E-state index contributed by atoms with van der Waals surface area (Å²) >= 11 is 0. The first-order chi connectivity index (χ1) is 13.0. The predicted octanol–water partition coefficient (Wildman–Crippen LogP) is 0.499. The van der Waals surface area contributed by atoms with Crippen LogP contribution in [0.4, 0.5) is 5.69 Å². The minimum Gasteiger partial charge on any atom is -0.385 e. The summed E-state index contributed by atoms with van der Waals surface area (Å²) in [6.45, 7) is 2.82. The maximum absolute atomic E-state index is 12.8. The summed E-state index contributed by atoms with van der Waals surface area (Å²) in [6, 6.07) is 4.16. The molecule has 8 heteroatoms. The molecule has 0 bridgehead atoms. The smallest absolute Gasteiger partial charge is 0.262 e. The summed E-state index contributed by atoms with van der Waals surface area (Å²) in [6.07, 6.45) is 2.60. The summed E-state index contributed by atoms with van der Waals surface area (Å²) in [5.74, 6) is -1.40. The van der Waals surface area contributed by atoms with Crippen molar-refractivity contribution < 1.29 is 19.2 Å². The first-order valence-corrected chi connectivity index (χ1v) is 9.35. The quantitative estimate of drug-likeness (QED) is 0.666. The van der Waals surface area contributed by atoms with E-state index >= 15 is 0 Å². The Labute approximate surface area is 156 Å². The van der Waals surface area contributed by atoms with E-state index in [2.05, 4.69) is 16.0 Å². The number of fused-ring (bicyclic) bond motifs is 1. The van der Waals surface area contributed by atoms with E-state index in [1.165, 1.54) is 0 Å². The molecule has 2 unspecified atom stereocenters. The van der Waals surface area contributed by atoms with Gasteiger partial charge in [0.1, 0.15) is 6.04 Å². The number of hydrogen-bond donors (Lipinski definition) is 3. The van der Waals surface area contributed by atoms with Crippen LogP contribution in [0.15, 0.2) is 18.2 Å². The topological polar surface area (TPSA) is 108 Å². The van der Waals surface area contributed by atoms with Gasteiger partial charge in [0.2, 0.25) is 11.8 Å². The summed E-state index contributed by atoms with van der Waals surface area (Å²) in [5, 5.41) is 8.91. The zero-order valence-electron chi connectivity index (χ0n) is 14.9. The van der Waals surface area contributed by atoms with Gasteiger partial charge < -0.3 is 10.6 Å². The number of imide groups is 2. The molecule has 4 rings (SSSR count). The molecule has 3 N–H and O–H groups in total. The van der Waals surface area contributed by atoms with E-state index in [0.29, 0.717) is 17.0 Å². The number of carbonyl (C=O) groups is 4. The first kappa shape index (κ1) is 17.7. The van der Waals surface area contributed by atoms with Crippen molar-refractivity contribution >= 4 is 29.3 Å². The maximum Gasteiger partial charge on any atom is 0.262 e. The molecule has 0 aromatic heterocycles. The van der Waals surface area contributed by atoms with Gasteiger partial charge in [0.25, 0.3) is 11.8 Å². The highest BCUT2D eigenvalue weighted by atomic mass is 16.2. The number of amides is 4. The molecule has 8 nitrogen and oxygen atoms in total. The third kappa shape index (κ3) is 3.32. The number of anilines is 1. The number of benzene rings is 1. The number of carbonyl (C=O) groups excluding carboxylic acids is 4. The molecule has 3 aliphatic rings. The molecule has 0 aliphatic carbocycles. The highest BCUT2D eigenvalue weighted by Crippen LogP contribution is 2.29. The van der Waals surface area contributed by atoms with Gasteiger partial charge >= 0.3 is 0 Å². The summed E-state index contributed by atoms with van der Waals surface area (Å²) in [5.41, 5.74) is 1.39. The summed E-state index contributed by atoms with van der Waals surface area (Å²) in [7, 11) is 0. The van der Waals surface area contributed by atoms with Crippen LogP contribution in [0.5, 0.6) is 0 Å². The normalized spacial score (nSPS) is 25.4. The molecule has 2 atom stereocenters. The van der Waals surface area contributed by atoms with E-state index in [0.717, 1.165) is 43.1 Å². The molecular weight excluding hydrogens is 348 g/mol. The van der Waals surface area contributed by atoms with Crippen molar-refractivity contribution in [3.8, 4) is 0 Å². The van der Waals surface area contributed by atoms with E-state index in [1.54, 1.807) is 18.2 Å². The Balaban J connectivity index is 1.49. The van der Waals surface area contributed by atoms with Gasteiger partial charge in [0.15, 0.2) is 0 Å². The van der Waals surface area contributed by atoms with Crippen LogP contribution < -0.4 is 16.0 Å². The van der Waals surface area contributed by atoms with E-state index < -0.39 is 23.8 Å². The highest BCUT2D eigenvalue weighted by molar-refractivity contribution is 6.23. The molecule has 3 aliphatic heterocycles. The summed E-state index contributed by atoms with van der Waals surface area (Å²) < 4.78 is 0. The van der Waals surface area contributed by atoms with Crippen LogP contribution in [-0.2, 0) is 9.59 Å². The third-order valence-corrected chi connectivity index (χ3v) is 5.43. The monoisotopic (exact) mass is 370 g/mol. The molecule has 0 saturated carbocycles. The Morgan fingerprint density at radius 2 is 1.89 bits per heavy atom. The molecule has 2 saturated heterocycles. The number of rotatable bonds is 4. The van der Waals surface area contributed by atoms with E-state index in [9.17, 15) is 19.2 Å². The minimum atomic E-state index is -0.931. The van der Waals surface area contributed by atoms with Crippen molar-refractivity contribution in [3.05, 3.63) is 29.3 Å². The van der Waals surface area contributed by atoms with Crippen LogP contribution in [0.2, 0.25) is 0 Å². The Kier molecular flexibility index (Phi) is 4.65. The molecular formula is C19H22N4O4. The third-order valence-electron chi connectivity index (χ3n) is 5.43. The van der Waals surface area contributed by atoms with Crippen molar-refractivity contribution in [2.75, 3.05) is 25.0 Å². The van der Waals surface area contributed by atoms with Gasteiger partial charge in [-0.05, 0) is 56.5 Å². The Bertz CT molecular complexity index is 816. The first-order valence-electron chi connectivity index (χ1n) is 9.35. The van der Waals surface area contributed by atoms with Gasteiger partial charge in [-0.1, -0.05) is 0 Å². The fourth-order valence-corrected chi connectivity index (χ4v) is 3.94. The van der Waals surface area contributed by atoms with Crippen molar-refractivity contribution in [1.29, 1.82) is 0 Å². The number of hydrogen-bond acceptors (Lipinski definition) is 6. The number of nitrogens with zero attached hydrogens (tertiary/aromatic N) is 1. The van der Waals surface area contributed by atoms with Crippen LogP contribution >= 0.6 is 0 Å². The lowest BCUT2D eigenvalue weighted by molar-refractivity contribution is -0.136. The lowest BCUT2D eigenvalue weighted by atomic mass is 9.99. The fraction of sp³-hybridized carbons (Fsp3) is 0.474. The van der Waals surface area contributed by atoms with Crippen molar-refractivity contribution in [3.63, 3.8) is 0 Å². The lowest BCUT2D eigenvalue weighted by Gasteiger charge is -2.27. The summed E-state index contributed by atoms with van der Waals surface area (Å²) in [4.78, 5) is 49.9. The molecule has 0 radical (unpaired) electrons. The lowest BCUT2D eigenvalue weighted by Crippen LogP contribution is -2.54. The second kappa shape index (κ2) is 7.11. The van der Waals surface area contributed by atoms with Crippen LogP contribution in [0, 0.1) is 5.92 Å². The second-order valence-corrected chi connectivity index (χ2v) is 7.30. The SMILES string of the molecule is O=C1CCC(N2C(=O)c3ccc(NCC4CCCNC4)cc3C2=O)C(=O)N1. The molecule has 27 heavy (non-hydrogen) atoms. The Morgan fingerprint density at radius 3 is 2.63 bits per heavy atom. The van der Waals surface area contributed by atoms with Gasteiger partial charge in [-0.3, -0.25) is 29.4 Å². The Hall–Kier alpha value is -2.74. The molecule has 0 spiro atoms. The van der Waals surface area contributed by atoms with E-state index in [4.69, 9.17) is 0 Å². The van der Waals surface area contributed by atoms with Gasteiger partial charge in [0, 0.05) is 18.7 Å². The maximum atomic E-state index is 12.8. The van der Waals surface area contributed by atoms with Crippen molar-refractivity contribution in [1.82, 2.24) is 15.5 Å². The Morgan fingerprint density at radius 1 is 1.07 bits per heavy atom. The molecule has 1 aromatic carbocycles. The van der Waals surface area contributed by atoms with E-state index in [1.807, 2.05) is 0 Å². The van der Waals surface area contributed by atoms with Crippen molar-refractivity contribution in [2.24, 2.45) is 5.92 Å². The molecule has 2 fully saturated rings. The predicted molar refractivity (Wildman–Crippen MR) is 97.2 cm³/mol. The van der Waals surface area contributed by atoms with Crippen LogP contribution in [0.25, 0.3) is 0 Å². The van der Waals surface area contributed by atoms with Gasteiger partial charge in [-0.25, -0.2) is 0 Å². The highest BCUT2D eigenvalue weighted by Gasteiger charge is 2.44. The average Bonchev–Trinajstić information content (AvgIpc) is 2.92. The number of piperidine rings is 2. The zero-order chi connectivity index (χ0) is 19.0. The van der Waals surface area contributed by atoms with Gasteiger partial charge in [0.05, 0.1) is 11.1 Å². The standard InChI is InChI=1S/C19H22N4O4/c24-16-6-5-15(17(25)22-16)23-18(26)13-4-3-12(8-14(13)19(23)27)21-10-11-2-1-7-20-9-11/h3-4,8,11,15,20-21H,1-2,5-7,9-10H2,(H,22,24,25). The number of nitrogens with one attached hydrogen (secondary N) is 3. The van der Waals surface area contributed by atoms with Crippen molar-refractivity contribution in [2.45, 2.75) is 31.7 Å². The zero-order valence-corrected chi connectivity index (χ0v) is 14.9. The van der Waals surface area contributed by atoms with Crippen LogP contribution in [0.1, 0.15) is 46.4 Å². The molecule has 1 aromatic rings. The largest absolute Gasteiger partial charge is 0.385 e. The molecule has 3 heterocycles. The molecule has 142 valence electrons.